The quantitative estimate of drug-likeness (QED) is 0.811. The number of aryl methyl sites for hydroxylation is 3. The maximum atomic E-state index is 11.5. The normalized spacial score (nSPS) is 10.6. The van der Waals surface area contributed by atoms with Crippen LogP contribution in [0.15, 0.2) is 12.1 Å². The number of benzene rings is 1. The molecule has 0 heterocycles. The predicted molar refractivity (Wildman–Crippen MR) is 72.6 cm³/mol. The first kappa shape index (κ1) is 14.5. The topological polar surface area (TPSA) is 41.6 Å². The summed E-state index contributed by atoms with van der Waals surface area (Å²) < 4.78 is 5.32. The summed E-state index contributed by atoms with van der Waals surface area (Å²) >= 11 is 0. The monoisotopic (exact) mass is 250 g/mol. The van der Waals surface area contributed by atoms with Crippen LogP contribution >= 0.6 is 0 Å². The molecule has 1 rings (SSSR count). The fraction of sp³-hybridized carbons (Fsp3) is 0.500. The van der Waals surface area contributed by atoms with Crippen molar-refractivity contribution < 1.29 is 9.53 Å². The number of carbonyl (C=O) groups excluding carboxylic acids is 1. The molecular formula is C14H22N2O2. The number of hydrazine groups is 1. The van der Waals surface area contributed by atoms with Crippen molar-refractivity contribution in [1.29, 1.82) is 0 Å². The molecule has 0 aromatic heterocycles. The molecule has 4 heteroatoms. The molecule has 4 nitrogen and oxygen atoms in total. The Balaban J connectivity index is 2.66. The van der Waals surface area contributed by atoms with Gasteiger partial charge >= 0.3 is 0 Å². The van der Waals surface area contributed by atoms with Gasteiger partial charge in [0.15, 0.2) is 0 Å². The van der Waals surface area contributed by atoms with Crippen LogP contribution in [0.4, 0.5) is 0 Å². The highest BCUT2D eigenvalue weighted by atomic mass is 16.5. The van der Waals surface area contributed by atoms with Gasteiger partial charge in [-0.15, -0.1) is 0 Å². The van der Waals surface area contributed by atoms with Crippen LogP contribution in [0.25, 0.3) is 0 Å². The third kappa shape index (κ3) is 4.04. The van der Waals surface area contributed by atoms with Crippen molar-refractivity contribution >= 4 is 5.91 Å². The first-order valence-electron chi connectivity index (χ1n) is 6.05. The van der Waals surface area contributed by atoms with E-state index in [0.29, 0.717) is 6.42 Å². The first-order chi connectivity index (χ1) is 8.43. The molecule has 1 aromatic carbocycles. The zero-order valence-corrected chi connectivity index (χ0v) is 11.8. The van der Waals surface area contributed by atoms with Crippen molar-refractivity contribution in [2.24, 2.45) is 0 Å². The van der Waals surface area contributed by atoms with E-state index in [1.54, 1.807) is 26.2 Å². The number of carbonyl (C=O) groups is 1. The molecule has 0 fully saturated rings. The van der Waals surface area contributed by atoms with E-state index in [2.05, 4.69) is 17.6 Å². The zero-order valence-electron chi connectivity index (χ0n) is 11.8. The van der Waals surface area contributed by atoms with Crippen LogP contribution in [0.1, 0.15) is 23.1 Å². The molecule has 0 bridgehead atoms. The molecule has 1 amide bonds. The largest absolute Gasteiger partial charge is 0.496 e. The molecule has 0 radical (unpaired) electrons. The Morgan fingerprint density at radius 1 is 1.28 bits per heavy atom. The average molecular weight is 250 g/mol. The Bertz CT molecular complexity index is 405. The summed E-state index contributed by atoms with van der Waals surface area (Å²) in [5.41, 5.74) is 6.12. The molecule has 100 valence electrons. The van der Waals surface area contributed by atoms with E-state index in [0.717, 1.165) is 23.3 Å². The fourth-order valence-electron chi connectivity index (χ4n) is 2.07. The lowest BCUT2D eigenvalue weighted by Gasteiger charge is -2.13. The number of hydrogen-bond donors (Lipinski definition) is 1. The van der Waals surface area contributed by atoms with Crippen molar-refractivity contribution in [1.82, 2.24) is 10.4 Å². The lowest BCUT2D eigenvalue weighted by molar-refractivity contribution is -0.124. The van der Waals surface area contributed by atoms with Gasteiger partial charge in [0.05, 0.1) is 7.11 Å². The lowest BCUT2D eigenvalue weighted by atomic mass is 10.0. The second-order valence-corrected chi connectivity index (χ2v) is 4.69. The molecule has 0 saturated carbocycles. The van der Waals surface area contributed by atoms with Crippen LogP contribution in [0, 0.1) is 13.8 Å². The summed E-state index contributed by atoms with van der Waals surface area (Å²) in [5, 5.41) is 1.66. The van der Waals surface area contributed by atoms with E-state index in [1.807, 2.05) is 13.8 Å². The van der Waals surface area contributed by atoms with Crippen LogP contribution < -0.4 is 10.2 Å². The van der Waals surface area contributed by atoms with Crippen molar-refractivity contribution in [2.45, 2.75) is 26.7 Å². The molecule has 0 aliphatic heterocycles. The molecule has 0 saturated heterocycles. The van der Waals surface area contributed by atoms with Crippen molar-refractivity contribution in [3.63, 3.8) is 0 Å². The van der Waals surface area contributed by atoms with E-state index in [9.17, 15) is 4.79 Å². The van der Waals surface area contributed by atoms with E-state index in [1.165, 1.54) is 5.56 Å². The molecule has 0 atom stereocenters. The Kier molecular flexibility index (Phi) is 5.16. The van der Waals surface area contributed by atoms with Gasteiger partial charge in [-0.3, -0.25) is 10.2 Å². The Morgan fingerprint density at radius 2 is 1.83 bits per heavy atom. The zero-order chi connectivity index (χ0) is 13.7. The van der Waals surface area contributed by atoms with Gasteiger partial charge in [-0.05, 0) is 37.0 Å². The number of amides is 1. The van der Waals surface area contributed by atoms with Gasteiger partial charge in [0, 0.05) is 20.5 Å². The van der Waals surface area contributed by atoms with Gasteiger partial charge in [-0.2, -0.15) is 0 Å². The van der Waals surface area contributed by atoms with Crippen molar-refractivity contribution in [3.05, 3.63) is 28.8 Å². The average Bonchev–Trinajstić information content (AvgIpc) is 2.25. The van der Waals surface area contributed by atoms with Gasteiger partial charge in [0.1, 0.15) is 5.75 Å². The van der Waals surface area contributed by atoms with Gasteiger partial charge < -0.3 is 4.74 Å². The Hall–Kier alpha value is -1.55. The number of nitrogens with one attached hydrogen (secondary N) is 1. The molecule has 0 aliphatic rings. The smallest absolute Gasteiger partial charge is 0.234 e. The highest BCUT2D eigenvalue weighted by molar-refractivity contribution is 5.75. The predicted octanol–water partition coefficient (Wildman–Crippen LogP) is 1.84. The highest BCUT2D eigenvalue weighted by Crippen LogP contribution is 2.24. The van der Waals surface area contributed by atoms with Crippen LogP contribution in [0.2, 0.25) is 0 Å². The van der Waals surface area contributed by atoms with Crippen LogP contribution in [-0.2, 0) is 11.2 Å². The van der Waals surface area contributed by atoms with Crippen LogP contribution in [0.3, 0.4) is 0 Å². The SMILES string of the molecule is COc1c(C)cc(CCC(=O)NN(C)C)cc1C. The molecule has 0 unspecified atom stereocenters. The summed E-state index contributed by atoms with van der Waals surface area (Å²) in [6, 6.07) is 4.16. The maximum Gasteiger partial charge on any atom is 0.234 e. The standard InChI is InChI=1S/C14H22N2O2/c1-10-8-12(9-11(2)14(10)18-5)6-7-13(17)15-16(3)4/h8-9H,6-7H2,1-5H3,(H,15,17). The summed E-state index contributed by atoms with van der Waals surface area (Å²) in [6.45, 7) is 4.05. The first-order valence-corrected chi connectivity index (χ1v) is 6.05. The molecule has 0 spiro atoms. The minimum atomic E-state index is 0.0334. The summed E-state index contributed by atoms with van der Waals surface area (Å²) in [7, 11) is 5.29. The van der Waals surface area contributed by atoms with Gasteiger partial charge in [0.2, 0.25) is 5.91 Å². The van der Waals surface area contributed by atoms with E-state index in [-0.39, 0.29) is 5.91 Å². The lowest BCUT2D eigenvalue weighted by Crippen LogP contribution is -2.36. The minimum absolute atomic E-state index is 0.0334. The van der Waals surface area contributed by atoms with Crippen LogP contribution in [0.5, 0.6) is 5.75 Å². The van der Waals surface area contributed by atoms with Crippen LogP contribution in [-0.4, -0.2) is 32.1 Å². The highest BCUT2D eigenvalue weighted by Gasteiger charge is 2.07. The van der Waals surface area contributed by atoms with Gasteiger partial charge in [0.25, 0.3) is 0 Å². The Morgan fingerprint density at radius 3 is 2.28 bits per heavy atom. The van der Waals surface area contributed by atoms with Gasteiger partial charge in [-0.1, -0.05) is 12.1 Å². The fourth-order valence-corrected chi connectivity index (χ4v) is 2.07. The molecule has 0 aliphatic carbocycles. The number of rotatable bonds is 5. The molecule has 1 aromatic rings. The van der Waals surface area contributed by atoms with E-state index in [4.69, 9.17) is 4.74 Å². The minimum Gasteiger partial charge on any atom is -0.496 e. The van der Waals surface area contributed by atoms with E-state index < -0.39 is 0 Å². The van der Waals surface area contributed by atoms with Crippen molar-refractivity contribution in [2.75, 3.05) is 21.2 Å². The summed E-state index contributed by atoms with van der Waals surface area (Å²) in [6.07, 6.45) is 1.23. The Labute approximate surface area is 109 Å². The van der Waals surface area contributed by atoms with Gasteiger partial charge in [-0.25, -0.2) is 5.01 Å². The van der Waals surface area contributed by atoms with E-state index >= 15 is 0 Å². The molecular weight excluding hydrogens is 228 g/mol. The third-order valence-corrected chi connectivity index (χ3v) is 2.71. The number of hydrogen-bond acceptors (Lipinski definition) is 3. The number of ether oxygens (including phenoxy) is 1. The van der Waals surface area contributed by atoms with Crippen molar-refractivity contribution in [3.8, 4) is 5.75 Å². The number of nitrogens with zero attached hydrogens (tertiary/aromatic N) is 1. The summed E-state index contributed by atoms with van der Waals surface area (Å²) in [5.74, 6) is 0.961. The second kappa shape index (κ2) is 6.40. The third-order valence-electron chi connectivity index (χ3n) is 2.71. The maximum absolute atomic E-state index is 11.5. The molecule has 1 N–H and O–H groups in total. The summed E-state index contributed by atoms with van der Waals surface area (Å²) in [4.78, 5) is 11.5. The molecule has 18 heavy (non-hydrogen) atoms. The number of methoxy groups -OCH3 is 1. The second-order valence-electron chi connectivity index (χ2n) is 4.69.